The Hall–Kier alpha value is -2.88. The van der Waals surface area contributed by atoms with Crippen LogP contribution in [0.4, 0.5) is 5.82 Å². The molecule has 0 unspecified atom stereocenters. The molecule has 0 spiro atoms. The van der Waals surface area contributed by atoms with Crippen LogP contribution in [0.2, 0.25) is 0 Å². The number of aryl methyl sites for hydroxylation is 1. The number of hydrogen-bond donors (Lipinski definition) is 1. The van der Waals surface area contributed by atoms with Crippen LogP contribution in [0.5, 0.6) is 0 Å². The Balaban J connectivity index is 1.46. The molecule has 34 heavy (non-hydrogen) atoms. The van der Waals surface area contributed by atoms with E-state index >= 15 is 0 Å². The Labute approximate surface area is 203 Å². The zero-order chi connectivity index (χ0) is 23.6. The van der Waals surface area contributed by atoms with E-state index in [1.807, 2.05) is 29.0 Å². The molecule has 3 aromatic rings. The second kappa shape index (κ2) is 12.5. The summed E-state index contributed by atoms with van der Waals surface area (Å²) in [5, 5.41) is 0. The zero-order valence-corrected chi connectivity index (χ0v) is 20.4. The highest BCUT2D eigenvalue weighted by atomic mass is 16.5. The molecule has 3 heterocycles. The molecular weight excluding hydrogens is 422 g/mol. The van der Waals surface area contributed by atoms with Crippen molar-refractivity contribution in [2.75, 3.05) is 25.4 Å². The smallest absolute Gasteiger partial charge is 0.151 e. The van der Waals surface area contributed by atoms with E-state index in [1.54, 1.807) is 0 Å². The highest BCUT2D eigenvalue weighted by Gasteiger charge is 2.15. The van der Waals surface area contributed by atoms with Crippen LogP contribution in [-0.2, 0) is 24.5 Å². The van der Waals surface area contributed by atoms with Gasteiger partial charge < -0.3 is 19.9 Å². The molecule has 1 aliphatic rings. The van der Waals surface area contributed by atoms with Gasteiger partial charge in [-0.15, -0.1) is 0 Å². The van der Waals surface area contributed by atoms with Gasteiger partial charge in [-0.05, 0) is 57.3 Å². The number of fused-ring (bicyclic) bond motifs is 1. The van der Waals surface area contributed by atoms with Gasteiger partial charge >= 0.3 is 0 Å². The van der Waals surface area contributed by atoms with Crippen molar-refractivity contribution in [3.63, 3.8) is 0 Å². The molecular formula is C28H37N5O. The van der Waals surface area contributed by atoms with Gasteiger partial charge in [-0.2, -0.15) is 0 Å². The number of aromatic nitrogens is 3. The minimum Gasteiger partial charge on any atom is -0.382 e. The molecule has 6 nitrogen and oxygen atoms in total. The van der Waals surface area contributed by atoms with Gasteiger partial charge in [0.2, 0.25) is 0 Å². The van der Waals surface area contributed by atoms with Crippen molar-refractivity contribution < 1.29 is 4.74 Å². The molecule has 0 amide bonds. The van der Waals surface area contributed by atoms with Crippen molar-refractivity contribution in [2.45, 2.75) is 71.6 Å². The highest BCUT2D eigenvalue weighted by molar-refractivity contribution is 5.90. The Morgan fingerprint density at radius 1 is 1.06 bits per heavy atom. The molecule has 180 valence electrons. The third-order valence-electron chi connectivity index (χ3n) is 6.33. The van der Waals surface area contributed by atoms with Gasteiger partial charge in [-0.25, -0.2) is 9.97 Å². The van der Waals surface area contributed by atoms with Crippen LogP contribution >= 0.6 is 0 Å². The molecule has 1 aliphatic heterocycles. The fraction of sp³-hybridized carbons (Fsp3) is 0.500. The number of benzene rings is 1. The number of ether oxygens (including phenoxy) is 1. The molecule has 1 saturated heterocycles. The molecule has 2 N–H and O–H groups in total. The Morgan fingerprint density at radius 2 is 1.88 bits per heavy atom. The van der Waals surface area contributed by atoms with E-state index in [-0.39, 0.29) is 0 Å². The maximum Gasteiger partial charge on any atom is 0.151 e. The number of unbranched alkanes of at least 4 members (excludes halogenated alkanes) is 3. The molecule has 2 aromatic heterocycles. The summed E-state index contributed by atoms with van der Waals surface area (Å²) in [7, 11) is 0. The molecule has 0 aliphatic carbocycles. The van der Waals surface area contributed by atoms with Crippen LogP contribution in [0.3, 0.4) is 0 Å². The number of nitrogens with zero attached hydrogens (tertiary/aromatic N) is 4. The lowest BCUT2D eigenvalue weighted by atomic mass is 10.2. The first-order valence-corrected chi connectivity index (χ1v) is 12.7. The first-order chi connectivity index (χ1) is 16.7. The molecule has 1 fully saturated rings. The number of anilines is 1. The zero-order valence-electron chi connectivity index (χ0n) is 20.4. The van der Waals surface area contributed by atoms with Crippen molar-refractivity contribution in [3.8, 4) is 11.8 Å². The first-order valence-electron chi connectivity index (χ1n) is 12.7. The lowest BCUT2D eigenvalue weighted by molar-refractivity contribution is 0.0668. The summed E-state index contributed by atoms with van der Waals surface area (Å²) in [5.74, 6) is 8.04. The summed E-state index contributed by atoms with van der Waals surface area (Å²) >= 11 is 0. The minimum absolute atomic E-state index is 0.380. The van der Waals surface area contributed by atoms with Crippen LogP contribution < -0.4 is 5.73 Å². The van der Waals surface area contributed by atoms with Crippen LogP contribution in [0.25, 0.3) is 11.0 Å². The first kappa shape index (κ1) is 24.3. The number of nitrogen functional groups attached to an aromatic ring is 1. The van der Waals surface area contributed by atoms with Crippen molar-refractivity contribution in [2.24, 2.45) is 0 Å². The van der Waals surface area contributed by atoms with Gasteiger partial charge in [0.05, 0.1) is 12.2 Å². The molecule has 0 atom stereocenters. The lowest BCUT2D eigenvalue weighted by Crippen LogP contribution is -2.20. The molecule has 1 aromatic carbocycles. The summed E-state index contributed by atoms with van der Waals surface area (Å²) in [4.78, 5) is 12.0. The van der Waals surface area contributed by atoms with E-state index in [2.05, 4.69) is 40.8 Å². The second-order valence-corrected chi connectivity index (χ2v) is 9.11. The average molecular weight is 460 g/mol. The number of nitrogens with two attached hydrogens (primary N) is 1. The fourth-order valence-corrected chi connectivity index (χ4v) is 4.46. The SMILES string of the molecule is CCCCc1nc(N)c2c(n1)c(C#CCCCCN1CCCC1)cn2COCc1ccccc1. The van der Waals surface area contributed by atoms with Gasteiger partial charge in [0.25, 0.3) is 0 Å². The number of likely N-dealkylation sites (tertiary alicyclic amines) is 1. The topological polar surface area (TPSA) is 69.2 Å². The third kappa shape index (κ3) is 6.59. The summed E-state index contributed by atoms with van der Waals surface area (Å²) in [5.41, 5.74) is 10.1. The van der Waals surface area contributed by atoms with Crippen LogP contribution in [0.1, 0.15) is 68.8 Å². The van der Waals surface area contributed by atoms with Gasteiger partial charge in [0.15, 0.2) is 5.82 Å². The summed E-state index contributed by atoms with van der Waals surface area (Å²) in [6, 6.07) is 10.2. The second-order valence-electron chi connectivity index (χ2n) is 9.11. The van der Waals surface area contributed by atoms with Gasteiger partial charge in [0, 0.05) is 19.0 Å². The van der Waals surface area contributed by atoms with E-state index in [4.69, 9.17) is 15.5 Å². The van der Waals surface area contributed by atoms with E-state index in [1.165, 1.54) is 38.9 Å². The Bertz CT molecular complexity index is 1110. The monoisotopic (exact) mass is 459 g/mol. The number of rotatable bonds is 11. The van der Waals surface area contributed by atoms with Crippen LogP contribution in [0, 0.1) is 11.8 Å². The normalized spacial score (nSPS) is 13.9. The van der Waals surface area contributed by atoms with Gasteiger partial charge in [0.1, 0.15) is 23.6 Å². The van der Waals surface area contributed by atoms with E-state index < -0.39 is 0 Å². The quantitative estimate of drug-likeness (QED) is 0.317. The standard InChI is InChI=1S/C28H37N5O/c1-2-3-16-25-30-26-24(15-9-4-5-10-17-32-18-11-12-19-32)20-33(27(26)28(29)31-25)22-34-21-23-13-7-6-8-14-23/h6-8,13-14,20H,2-5,10-12,16-19,21-22H2,1H3,(H2,29,30,31). The molecule has 6 heteroatoms. The molecule has 4 rings (SSSR count). The van der Waals surface area contributed by atoms with Gasteiger partial charge in [-0.3, -0.25) is 0 Å². The van der Waals surface area contributed by atoms with Crippen molar-refractivity contribution in [1.29, 1.82) is 0 Å². The fourth-order valence-electron chi connectivity index (χ4n) is 4.46. The van der Waals surface area contributed by atoms with Gasteiger partial charge in [-0.1, -0.05) is 55.5 Å². The summed E-state index contributed by atoms with van der Waals surface area (Å²) < 4.78 is 7.98. The summed E-state index contributed by atoms with van der Waals surface area (Å²) in [6.07, 6.45) is 10.9. The van der Waals surface area contributed by atoms with Crippen molar-refractivity contribution >= 4 is 16.9 Å². The average Bonchev–Trinajstić information content (AvgIpc) is 3.49. The highest BCUT2D eigenvalue weighted by Crippen LogP contribution is 2.24. The minimum atomic E-state index is 0.380. The Morgan fingerprint density at radius 3 is 2.68 bits per heavy atom. The van der Waals surface area contributed by atoms with E-state index in [9.17, 15) is 0 Å². The molecule has 0 radical (unpaired) electrons. The van der Waals surface area contributed by atoms with Crippen LogP contribution in [0.15, 0.2) is 36.5 Å². The number of hydrogen-bond acceptors (Lipinski definition) is 5. The maximum absolute atomic E-state index is 6.40. The largest absolute Gasteiger partial charge is 0.382 e. The van der Waals surface area contributed by atoms with E-state index in [0.717, 1.165) is 60.1 Å². The Kier molecular flexibility index (Phi) is 8.95. The predicted octanol–water partition coefficient (Wildman–Crippen LogP) is 5.15. The van der Waals surface area contributed by atoms with E-state index in [0.29, 0.717) is 19.2 Å². The van der Waals surface area contributed by atoms with Crippen molar-refractivity contribution in [3.05, 3.63) is 53.5 Å². The van der Waals surface area contributed by atoms with Crippen molar-refractivity contribution in [1.82, 2.24) is 19.4 Å². The molecule has 0 saturated carbocycles. The van der Waals surface area contributed by atoms with Crippen LogP contribution in [-0.4, -0.2) is 39.1 Å². The lowest BCUT2D eigenvalue weighted by Gasteiger charge is -2.12. The molecule has 0 bridgehead atoms. The maximum atomic E-state index is 6.40. The summed E-state index contributed by atoms with van der Waals surface area (Å²) in [6.45, 7) is 6.81. The third-order valence-corrected chi connectivity index (χ3v) is 6.33. The predicted molar refractivity (Wildman–Crippen MR) is 138 cm³/mol.